The number of cyclic esters (lactones) is 1. The molecule has 14 nitrogen and oxygen atoms in total. The van der Waals surface area contributed by atoms with Crippen LogP contribution in [0.2, 0.25) is 0 Å². The average Bonchev–Trinajstić information content (AvgIpc) is 3.06. The number of likely N-dealkylation sites (N-methyl/N-ethyl adjacent to an activating group) is 1. The molecular formula is C36H66N2O12. The highest BCUT2D eigenvalue weighted by Crippen LogP contribution is 2.40. The first-order valence-electron chi connectivity index (χ1n) is 18.3. The van der Waals surface area contributed by atoms with Crippen molar-refractivity contribution in [3.63, 3.8) is 0 Å². The van der Waals surface area contributed by atoms with Gasteiger partial charge in [0.15, 0.2) is 12.6 Å². The number of aliphatic hydroxyl groups excluding tert-OH is 3. The molecular weight excluding hydrogens is 652 g/mol. The van der Waals surface area contributed by atoms with E-state index in [2.05, 4.69) is 10.6 Å². The number of hydrogen-bond donors (Lipinski definition) is 6. The number of carbonyl (C=O) groups excluding carboxylic acids is 2. The molecule has 14 heteroatoms. The van der Waals surface area contributed by atoms with E-state index in [9.17, 15) is 30.0 Å². The van der Waals surface area contributed by atoms with Crippen LogP contribution < -0.4 is 10.6 Å². The van der Waals surface area contributed by atoms with Gasteiger partial charge in [-0.3, -0.25) is 9.59 Å². The van der Waals surface area contributed by atoms with Gasteiger partial charge in [0.2, 0.25) is 5.91 Å². The molecule has 0 aromatic heterocycles. The monoisotopic (exact) mass is 718 g/mol. The molecule has 3 heterocycles. The third-order valence-electron chi connectivity index (χ3n) is 11.4. The van der Waals surface area contributed by atoms with E-state index in [1.54, 1.807) is 48.6 Å². The molecule has 0 aromatic carbocycles. The van der Waals surface area contributed by atoms with Crippen molar-refractivity contribution in [3.05, 3.63) is 0 Å². The summed E-state index contributed by atoms with van der Waals surface area (Å²) in [6.45, 7) is 17.3. The van der Waals surface area contributed by atoms with Crippen molar-refractivity contribution >= 4 is 11.9 Å². The van der Waals surface area contributed by atoms with Crippen molar-refractivity contribution in [3.8, 4) is 0 Å². The van der Waals surface area contributed by atoms with Crippen LogP contribution in [0.3, 0.4) is 0 Å². The second kappa shape index (κ2) is 17.6. The Morgan fingerprint density at radius 2 is 1.60 bits per heavy atom. The Morgan fingerprint density at radius 1 is 0.960 bits per heavy atom. The molecule has 3 aliphatic rings. The Bertz CT molecular complexity index is 1100. The topological polar surface area (TPSA) is 194 Å². The lowest BCUT2D eigenvalue weighted by Crippen LogP contribution is -2.60. The molecule has 0 saturated carbocycles. The second-order valence-corrected chi connectivity index (χ2v) is 15.6. The summed E-state index contributed by atoms with van der Waals surface area (Å²) in [7, 11) is 3.27. The lowest BCUT2D eigenvalue weighted by Gasteiger charge is -2.48. The van der Waals surface area contributed by atoms with Gasteiger partial charge in [-0.25, -0.2) is 0 Å². The number of esters is 1. The first-order chi connectivity index (χ1) is 23.2. The highest BCUT2D eigenvalue weighted by atomic mass is 16.7. The van der Waals surface area contributed by atoms with E-state index in [0.717, 1.165) is 0 Å². The summed E-state index contributed by atoms with van der Waals surface area (Å²) < 4.78 is 37.8. The van der Waals surface area contributed by atoms with Gasteiger partial charge in [-0.2, -0.15) is 0 Å². The molecule has 3 fully saturated rings. The highest BCUT2D eigenvalue weighted by Gasteiger charge is 2.52. The van der Waals surface area contributed by atoms with Crippen LogP contribution >= 0.6 is 0 Å². The van der Waals surface area contributed by atoms with Gasteiger partial charge in [0, 0.05) is 31.4 Å². The maximum atomic E-state index is 14.1. The van der Waals surface area contributed by atoms with Gasteiger partial charge >= 0.3 is 5.97 Å². The minimum absolute atomic E-state index is 0.126. The molecule has 18 atom stereocenters. The van der Waals surface area contributed by atoms with Crippen molar-refractivity contribution < 1.29 is 58.4 Å². The van der Waals surface area contributed by atoms with E-state index < -0.39 is 102 Å². The van der Waals surface area contributed by atoms with E-state index in [0.29, 0.717) is 12.8 Å². The largest absolute Gasteiger partial charge is 0.459 e. The number of aliphatic hydroxyl groups is 4. The first kappa shape index (κ1) is 42.9. The summed E-state index contributed by atoms with van der Waals surface area (Å²) in [5.41, 5.74) is -3.14. The maximum Gasteiger partial charge on any atom is 0.311 e. The van der Waals surface area contributed by atoms with E-state index in [1.807, 2.05) is 20.8 Å². The fraction of sp³-hybridized carbons (Fsp3) is 0.944. The average molecular weight is 719 g/mol. The normalized spacial score (nSPS) is 49.0. The number of nitrogens with one attached hydrogen (secondary N) is 2. The first-order valence-corrected chi connectivity index (χ1v) is 18.3. The molecule has 3 saturated heterocycles. The Labute approximate surface area is 298 Å². The Kier molecular flexibility index (Phi) is 15.1. The lowest BCUT2D eigenvalue weighted by atomic mass is 9.77. The number of hydrogen-bond acceptors (Lipinski definition) is 13. The van der Waals surface area contributed by atoms with Gasteiger partial charge in [-0.1, -0.05) is 27.7 Å². The third-order valence-corrected chi connectivity index (χ3v) is 11.4. The minimum Gasteiger partial charge on any atom is -0.459 e. The second-order valence-electron chi connectivity index (χ2n) is 15.6. The Morgan fingerprint density at radius 3 is 2.16 bits per heavy atom. The summed E-state index contributed by atoms with van der Waals surface area (Å²) in [5, 5.41) is 50.7. The smallest absolute Gasteiger partial charge is 0.311 e. The summed E-state index contributed by atoms with van der Waals surface area (Å²) in [4.78, 5) is 27.7. The fourth-order valence-electron chi connectivity index (χ4n) is 7.99. The van der Waals surface area contributed by atoms with E-state index >= 15 is 0 Å². The molecule has 3 aliphatic heterocycles. The minimum atomic E-state index is -1.92. The van der Waals surface area contributed by atoms with Crippen LogP contribution in [0.15, 0.2) is 0 Å². The summed E-state index contributed by atoms with van der Waals surface area (Å²) in [6.07, 6.45) is -7.74. The molecule has 7 unspecified atom stereocenters. The number of carbonyl (C=O) groups is 2. The molecule has 50 heavy (non-hydrogen) atoms. The fourth-order valence-corrected chi connectivity index (χ4v) is 7.99. The van der Waals surface area contributed by atoms with Crippen LogP contribution in [-0.2, 0) is 38.0 Å². The van der Waals surface area contributed by atoms with Crippen molar-refractivity contribution in [1.29, 1.82) is 0 Å². The van der Waals surface area contributed by atoms with Gasteiger partial charge in [-0.15, -0.1) is 0 Å². The zero-order valence-electron chi connectivity index (χ0n) is 32.1. The molecule has 6 N–H and O–H groups in total. The van der Waals surface area contributed by atoms with Crippen molar-refractivity contribution in [2.75, 3.05) is 14.2 Å². The van der Waals surface area contributed by atoms with Crippen LogP contribution in [-0.4, -0.2) is 131 Å². The van der Waals surface area contributed by atoms with Crippen LogP contribution in [0.1, 0.15) is 94.9 Å². The maximum absolute atomic E-state index is 14.1. The molecule has 3 rings (SSSR count). The summed E-state index contributed by atoms with van der Waals surface area (Å²) in [6, 6.07) is -1.22. The number of ether oxygens (including phenoxy) is 6. The zero-order chi connectivity index (χ0) is 37.9. The quantitative estimate of drug-likeness (QED) is 0.208. The van der Waals surface area contributed by atoms with Crippen LogP contribution in [0.5, 0.6) is 0 Å². The molecule has 0 aliphatic carbocycles. The van der Waals surface area contributed by atoms with Crippen LogP contribution in [0.25, 0.3) is 0 Å². The third kappa shape index (κ3) is 9.55. The van der Waals surface area contributed by atoms with Crippen LogP contribution in [0, 0.1) is 23.7 Å². The predicted octanol–water partition coefficient (Wildman–Crippen LogP) is 1.63. The van der Waals surface area contributed by atoms with Gasteiger partial charge in [0.1, 0.15) is 23.9 Å². The van der Waals surface area contributed by atoms with Crippen molar-refractivity contribution in [2.45, 2.75) is 180 Å². The SMILES string of the molecule is CC[C@H]1OC(=O)C(C)[C@@H](O[C@H]2CC(C)[C@@H](O)C(C)O2)[C@H](C)[C@@H](O[C@@H]2OC(C)CC(NC)[C@H]2O)[C@](C)(OC)C[C@@H](C)C(=O)NC(C)C(O)[C@]1(C)O. The van der Waals surface area contributed by atoms with Crippen LogP contribution in [0.4, 0.5) is 0 Å². The Hall–Kier alpha value is -1.46. The molecule has 0 bridgehead atoms. The number of amides is 1. The predicted molar refractivity (Wildman–Crippen MR) is 184 cm³/mol. The van der Waals surface area contributed by atoms with E-state index in [-0.39, 0.29) is 30.9 Å². The molecule has 1 amide bonds. The molecule has 0 aromatic rings. The standard InChI is InChI=1S/C36H66N2O12/c1-13-25-36(10,44)30(41)22(7)38-32(42)18(3)16-35(9,45-12)31(50-34-28(40)24(37-11)15-19(4)46-34)20(5)29(21(6)33(43)48-25)49-26-14-17(2)27(39)23(8)47-26/h17-31,34,37,39-41,44H,13-16H2,1-12H3,(H,38,42)/t17?,18-,19?,20+,21?,22?,23?,24?,25-,26+,27-,28-,29+,30?,31-,34+,35-,36-/m1/s1. The summed E-state index contributed by atoms with van der Waals surface area (Å²) in [5.74, 6) is -3.57. The van der Waals surface area contributed by atoms with E-state index in [1.165, 1.54) is 14.0 Å². The lowest BCUT2D eigenvalue weighted by molar-refractivity contribution is -0.308. The summed E-state index contributed by atoms with van der Waals surface area (Å²) >= 11 is 0. The van der Waals surface area contributed by atoms with Crippen molar-refractivity contribution in [2.24, 2.45) is 23.7 Å². The van der Waals surface area contributed by atoms with E-state index in [4.69, 9.17) is 28.4 Å². The molecule has 0 radical (unpaired) electrons. The Balaban J connectivity index is 2.18. The highest BCUT2D eigenvalue weighted by molar-refractivity contribution is 5.78. The van der Waals surface area contributed by atoms with Gasteiger partial charge in [-0.05, 0) is 73.8 Å². The zero-order valence-corrected chi connectivity index (χ0v) is 32.1. The van der Waals surface area contributed by atoms with Crippen molar-refractivity contribution in [1.82, 2.24) is 10.6 Å². The number of methoxy groups -OCH3 is 1. The molecule has 292 valence electrons. The van der Waals surface area contributed by atoms with Gasteiger partial charge in [0.25, 0.3) is 0 Å². The number of rotatable bonds is 7. The molecule has 0 spiro atoms. The van der Waals surface area contributed by atoms with Gasteiger partial charge in [0.05, 0.1) is 48.1 Å². The van der Waals surface area contributed by atoms with Gasteiger partial charge < -0.3 is 59.5 Å².